The molecule has 0 atom stereocenters. The van der Waals surface area contributed by atoms with E-state index in [1.807, 2.05) is 6.08 Å². The van der Waals surface area contributed by atoms with Crippen LogP contribution in [0.1, 0.15) is 20.8 Å². The zero-order chi connectivity index (χ0) is 7.61. The topological polar surface area (TPSA) is 0 Å². The molecule has 0 amide bonds. The average molecular weight is 133 g/mol. The first-order valence-corrected chi connectivity index (χ1v) is 3.85. The molecular weight excluding hydrogens is 119 g/mol. The Bertz CT molecular complexity index is 160. The Kier molecular flexibility index (Phi) is 2.03. The first-order chi connectivity index (χ1) is 4.61. The van der Waals surface area contributed by atoms with Gasteiger partial charge >= 0.3 is 0 Å². The summed E-state index contributed by atoms with van der Waals surface area (Å²) >= 11 is 0. The van der Waals surface area contributed by atoms with Crippen LogP contribution in [0.15, 0.2) is 18.2 Å². The second kappa shape index (κ2) is 2.65. The Balaban J connectivity index is 2.60. The van der Waals surface area contributed by atoms with E-state index in [4.69, 9.17) is 0 Å². The zero-order valence-corrected chi connectivity index (χ0v) is 7.02. The van der Waals surface area contributed by atoms with Gasteiger partial charge in [0.1, 0.15) is 0 Å². The molecule has 1 radical (unpaired) electrons. The number of rotatable bonds is 0. The van der Waals surface area contributed by atoms with Crippen LogP contribution in [0.3, 0.4) is 0 Å². The van der Waals surface area contributed by atoms with Gasteiger partial charge in [0, 0.05) is 0 Å². The Morgan fingerprint density at radius 2 is 2.10 bits per heavy atom. The number of hydrogen-bond donors (Lipinski definition) is 0. The van der Waals surface area contributed by atoms with E-state index in [9.17, 15) is 0 Å². The van der Waals surface area contributed by atoms with Gasteiger partial charge in [-0.25, -0.2) is 0 Å². The lowest BCUT2D eigenvalue weighted by molar-refractivity contribution is 0.739. The molecule has 0 aromatic heterocycles. The van der Waals surface area contributed by atoms with Gasteiger partial charge in [0.15, 0.2) is 6.71 Å². The lowest BCUT2D eigenvalue weighted by atomic mass is 9.32. The third kappa shape index (κ3) is 1.76. The van der Waals surface area contributed by atoms with Gasteiger partial charge in [-0.3, -0.25) is 0 Å². The van der Waals surface area contributed by atoms with Crippen molar-refractivity contribution in [1.29, 1.82) is 0 Å². The van der Waals surface area contributed by atoms with Gasteiger partial charge in [-0.05, 0) is 0 Å². The van der Waals surface area contributed by atoms with E-state index in [0.29, 0.717) is 12.0 Å². The zero-order valence-electron chi connectivity index (χ0n) is 7.02. The number of hydrogen-bond acceptors (Lipinski definition) is 0. The summed E-state index contributed by atoms with van der Waals surface area (Å²) in [6.45, 7) is 7.39. The van der Waals surface area contributed by atoms with E-state index >= 15 is 0 Å². The van der Waals surface area contributed by atoms with E-state index in [0.717, 1.165) is 6.32 Å². The highest BCUT2D eigenvalue weighted by atomic mass is 14.0. The molecule has 0 unspecified atom stereocenters. The molecule has 1 rings (SSSR count). The van der Waals surface area contributed by atoms with Crippen LogP contribution < -0.4 is 0 Å². The number of allylic oxidation sites excluding steroid dienone is 3. The van der Waals surface area contributed by atoms with Crippen LogP contribution in [0, 0.1) is 5.98 Å². The molecule has 0 aliphatic carbocycles. The van der Waals surface area contributed by atoms with Crippen molar-refractivity contribution in [1.82, 2.24) is 0 Å². The summed E-state index contributed by atoms with van der Waals surface area (Å²) in [5.41, 5.74) is 0. The second-order valence-corrected chi connectivity index (χ2v) is 3.92. The SMILES string of the molecule is CC(C)(C)B1[C]=CC=CC1. The van der Waals surface area contributed by atoms with Gasteiger partial charge in [-0.15, -0.1) is 0 Å². The molecule has 53 valence electrons. The van der Waals surface area contributed by atoms with Crippen molar-refractivity contribution >= 4 is 6.71 Å². The van der Waals surface area contributed by atoms with Gasteiger partial charge < -0.3 is 0 Å². The monoisotopic (exact) mass is 133 g/mol. The molecule has 0 N–H and O–H groups in total. The fourth-order valence-corrected chi connectivity index (χ4v) is 1.13. The lowest BCUT2D eigenvalue weighted by Crippen LogP contribution is -2.23. The molecule has 0 aromatic carbocycles. The molecule has 1 aliphatic heterocycles. The molecule has 1 heterocycles. The molecule has 0 aromatic rings. The minimum absolute atomic E-state index is 0.376. The van der Waals surface area contributed by atoms with Crippen molar-refractivity contribution in [3.63, 3.8) is 0 Å². The van der Waals surface area contributed by atoms with Crippen LogP contribution in [0.2, 0.25) is 11.6 Å². The van der Waals surface area contributed by atoms with E-state index in [2.05, 4.69) is 38.9 Å². The minimum atomic E-state index is 0.376. The van der Waals surface area contributed by atoms with Gasteiger partial charge in [0.25, 0.3) is 0 Å². The Hall–Kier alpha value is -0.455. The van der Waals surface area contributed by atoms with E-state index in [1.165, 1.54) is 0 Å². The highest BCUT2D eigenvalue weighted by molar-refractivity contribution is 6.65. The van der Waals surface area contributed by atoms with Crippen molar-refractivity contribution in [3.8, 4) is 0 Å². The molecule has 0 spiro atoms. The lowest BCUT2D eigenvalue weighted by Gasteiger charge is -2.24. The third-order valence-corrected chi connectivity index (χ3v) is 1.95. The Morgan fingerprint density at radius 1 is 1.40 bits per heavy atom. The molecule has 1 aliphatic rings. The van der Waals surface area contributed by atoms with Gasteiger partial charge in [0.05, 0.1) is 0 Å². The highest BCUT2D eigenvalue weighted by Crippen LogP contribution is 2.30. The summed E-state index contributed by atoms with van der Waals surface area (Å²) in [6.07, 6.45) is 7.47. The maximum atomic E-state index is 3.35. The molecule has 10 heavy (non-hydrogen) atoms. The summed E-state index contributed by atoms with van der Waals surface area (Å²) in [7, 11) is 0. The summed E-state index contributed by atoms with van der Waals surface area (Å²) in [5, 5.41) is 0.376. The van der Waals surface area contributed by atoms with Crippen LogP contribution in [0.5, 0.6) is 0 Å². The van der Waals surface area contributed by atoms with Crippen molar-refractivity contribution < 1.29 is 0 Å². The standard InChI is InChI=1S/C9H14B/c1-9(2,3)10-7-5-4-6-8-10/h4-6H,7H2,1-3H3. The largest absolute Gasteiger partial charge is 0.184 e. The third-order valence-electron chi connectivity index (χ3n) is 1.95. The second-order valence-electron chi connectivity index (χ2n) is 3.92. The summed E-state index contributed by atoms with van der Waals surface area (Å²) in [5.74, 6) is 3.35. The van der Waals surface area contributed by atoms with Crippen LogP contribution in [-0.2, 0) is 0 Å². The maximum absolute atomic E-state index is 3.35. The van der Waals surface area contributed by atoms with Crippen molar-refractivity contribution in [3.05, 3.63) is 24.2 Å². The summed E-state index contributed by atoms with van der Waals surface area (Å²) < 4.78 is 0. The normalized spacial score (nSPS) is 18.1. The van der Waals surface area contributed by atoms with Gasteiger partial charge in [-0.2, -0.15) is 0 Å². The predicted octanol–water partition coefficient (Wildman–Crippen LogP) is 2.75. The van der Waals surface area contributed by atoms with Crippen molar-refractivity contribution in [2.24, 2.45) is 0 Å². The van der Waals surface area contributed by atoms with E-state index < -0.39 is 0 Å². The van der Waals surface area contributed by atoms with Crippen LogP contribution in [0.4, 0.5) is 0 Å². The molecule has 0 bridgehead atoms. The molecule has 0 fully saturated rings. The first-order valence-electron chi connectivity index (χ1n) is 3.85. The quantitative estimate of drug-likeness (QED) is 0.445. The van der Waals surface area contributed by atoms with Crippen LogP contribution in [-0.4, -0.2) is 6.71 Å². The Labute approximate surface area is 64.1 Å². The summed E-state index contributed by atoms with van der Waals surface area (Å²) in [4.78, 5) is 0. The molecule has 1 heteroatoms. The fraction of sp³-hybridized carbons (Fsp3) is 0.556. The van der Waals surface area contributed by atoms with Gasteiger partial charge in [0.2, 0.25) is 0 Å². The smallest absolute Gasteiger partial charge is 0.0914 e. The minimum Gasteiger partial charge on any atom is -0.0914 e. The average Bonchev–Trinajstić information content (AvgIpc) is 1.88. The van der Waals surface area contributed by atoms with Crippen molar-refractivity contribution in [2.45, 2.75) is 32.4 Å². The molecule has 0 nitrogen and oxygen atoms in total. The van der Waals surface area contributed by atoms with Crippen LogP contribution >= 0.6 is 0 Å². The highest BCUT2D eigenvalue weighted by Gasteiger charge is 2.25. The van der Waals surface area contributed by atoms with Gasteiger partial charge in [-0.1, -0.05) is 56.6 Å². The molecule has 0 saturated heterocycles. The van der Waals surface area contributed by atoms with E-state index in [1.54, 1.807) is 0 Å². The van der Waals surface area contributed by atoms with E-state index in [-0.39, 0.29) is 0 Å². The summed E-state index contributed by atoms with van der Waals surface area (Å²) in [6, 6.07) is 0. The predicted molar refractivity (Wildman–Crippen MR) is 47.2 cm³/mol. The molecule has 0 saturated carbocycles. The Morgan fingerprint density at radius 3 is 2.40 bits per heavy atom. The fourth-order valence-electron chi connectivity index (χ4n) is 1.13. The van der Waals surface area contributed by atoms with Crippen molar-refractivity contribution in [2.75, 3.05) is 0 Å². The van der Waals surface area contributed by atoms with Crippen LogP contribution in [0.25, 0.3) is 0 Å². The molecular formula is C9H14B. The first kappa shape index (κ1) is 7.65. The maximum Gasteiger partial charge on any atom is 0.184 e.